The molecular weight excluding hydrogens is 230 g/mol. The minimum absolute atomic E-state index is 0.0324. The van der Waals surface area contributed by atoms with E-state index in [1.54, 1.807) is 30.4 Å². The summed E-state index contributed by atoms with van der Waals surface area (Å²) in [5, 5.41) is 20.4. The molecule has 1 aromatic carbocycles. The third-order valence-corrected chi connectivity index (χ3v) is 2.47. The molecule has 0 amide bonds. The maximum absolute atomic E-state index is 10.6. The zero-order chi connectivity index (χ0) is 13.0. The topological polar surface area (TPSA) is 63.4 Å². The van der Waals surface area contributed by atoms with Crippen LogP contribution in [0.4, 0.5) is 5.69 Å². The van der Waals surface area contributed by atoms with Gasteiger partial charge in [0, 0.05) is 17.7 Å². The molecule has 0 atom stereocenters. The summed E-state index contributed by atoms with van der Waals surface area (Å²) in [6.45, 7) is 0. The Kier molecular flexibility index (Phi) is 3.38. The van der Waals surface area contributed by atoms with E-state index in [0.717, 1.165) is 5.57 Å². The van der Waals surface area contributed by atoms with Gasteiger partial charge in [-0.1, -0.05) is 42.5 Å². The van der Waals surface area contributed by atoms with Crippen LogP contribution < -0.4 is 0 Å². The van der Waals surface area contributed by atoms with Crippen LogP contribution in [-0.4, -0.2) is 10.0 Å². The third kappa shape index (κ3) is 2.74. The van der Waals surface area contributed by atoms with Gasteiger partial charge in [-0.05, 0) is 11.6 Å². The second-order valence-electron chi connectivity index (χ2n) is 3.74. The number of nitrogens with zero attached hydrogens (tertiary/aromatic N) is 1. The summed E-state index contributed by atoms with van der Waals surface area (Å²) in [5.74, 6) is 0.131. The first-order chi connectivity index (χ1) is 8.66. The van der Waals surface area contributed by atoms with Crippen molar-refractivity contribution < 1.29 is 10.0 Å². The smallest absolute Gasteiger partial charge is 0.270 e. The molecule has 0 saturated heterocycles. The van der Waals surface area contributed by atoms with Crippen LogP contribution >= 0.6 is 0 Å². The molecule has 1 aromatic rings. The van der Waals surface area contributed by atoms with E-state index >= 15 is 0 Å². The standard InChI is InChI=1S/C14H11NO3/c16-14(12-5-1-2-6-12)9-8-11-4-3-7-13(10-11)15(17)18/h1-10,16H/b9-8+. The number of rotatable bonds is 3. The minimum atomic E-state index is -0.446. The highest BCUT2D eigenvalue weighted by Gasteiger charge is 2.04. The van der Waals surface area contributed by atoms with E-state index in [0.29, 0.717) is 5.56 Å². The summed E-state index contributed by atoms with van der Waals surface area (Å²) in [5.41, 5.74) is 1.42. The first-order valence-corrected chi connectivity index (χ1v) is 5.37. The SMILES string of the molecule is O=[N+]([O-])c1cccc(/C=C/C(O)=C2C=CC=C2)c1. The summed E-state index contributed by atoms with van der Waals surface area (Å²) in [7, 11) is 0. The summed E-state index contributed by atoms with van der Waals surface area (Å²) in [4.78, 5) is 10.2. The van der Waals surface area contributed by atoms with Gasteiger partial charge in [0.05, 0.1) is 4.92 Å². The maximum Gasteiger partial charge on any atom is 0.270 e. The fourth-order valence-corrected chi connectivity index (χ4v) is 1.56. The molecule has 0 unspecified atom stereocenters. The Labute approximate surface area is 104 Å². The van der Waals surface area contributed by atoms with Gasteiger partial charge < -0.3 is 5.11 Å². The van der Waals surface area contributed by atoms with E-state index in [9.17, 15) is 15.2 Å². The van der Waals surface area contributed by atoms with Gasteiger partial charge in [-0.25, -0.2) is 0 Å². The molecule has 0 aromatic heterocycles. The van der Waals surface area contributed by atoms with Crippen molar-refractivity contribution in [2.75, 3.05) is 0 Å². The van der Waals surface area contributed by atoms with Crippen molar-refractivity contribution in [1.29, 1.82) is 0 Å². The lowest BCUT2D eigenvalue weighted by Gasteiger charge is -1.96. The van der Waals surface area contributed by atoms with Crippen LogP contribution in [0.5, 0.6) is 0 Å². The van der Waals surface area contributed by atoms with Crippen molar-refractivity contribution in [1.82, 2.24) is 0 Å². The lowest BCUT2D eigenvalue weighted by Crippen LogP contribution is -1.87. The number of hydrogen-bond donors (Lipinski definition) is 1. The van der Waals surface area contributed by atoms with Crippen LogP contribution in [0.1, 0.15) is 5.56 Å². The Balaban J connectivity index is 2.21. The fraction of sp³-hybridized carbons (Fsp3) is 0. The minimum Gasteiger partial charge on any atom is -0.507 e. The molecule has 0 spiro atoms. The molecule has 18 heavy (non-hydrogen) atoms. The molecule has 2 rings (SSSR count). The first-order valence-electron chi connectivity index (χ1n) is 5.37. The quantitative estimate of drug-likeness (QED) is 0.500. The zero-order valence-electron chi connectivity index (χ0n) is 9.48. The van der Waals surface area contributed by atoms with Crippen LogP contribution in [0.2, 0.25) is 0 Å². The third-order valence-electron chi connectivity index (χ3n) is 2.47. The van der Waals surface area contributed by atoms with Crippen LogP contribution in [0.3, 0.4) is 0 Å². The fourth-order valence-electron chi connectivity index (χ4n) is 1.56. The van der Waals surface area contributed by atoms with Gasteiger partial charge in [0.15, 0.2) is 0 Å². The number of benzene rings is 1. The molecule has 0 heterocycles. The van der Waals surface area contributed by atoms with E-state index < -0.39 is 4.92 Å². The van der Waals surface area contributed by atoms with E-state index in [1.165, 1.54) is 18.2 Å². The molecule has 1 N–H and O–H groups in total. The summed E-state index contributed by atoms with van der Waals surface area (Å²) in [6, 6.07) is 6.23. The summed E-state index contributed by atoms with van der Waals surface area (Å²) in [6.07, 6.45) is 10.4. The predicted octanol–water partition coefficient (Wildman–Crippen LogP) is 3.55. The highest BCUT2D eigenvalue weighted by atomic mass is 16.6. The average molecular weight is 241 g/mol. The second kappa shape index (κ2) is 5.14. The van der Waals surface area contributed by atoms with Crippen molar-refractivity contribution >= 4 is 11.8 Å². The van der Waals surface area contributed by atoms with E-state index in [2.05, 4.69) is 0 Å². The van der Waals surface area contributed by atoms with E-state index in [1.807, 2.05) is 12.2 Å². The van der Waals surface area contributed by atoms with Gasteiger partial charge in [0.2, 0.25) is 0 Å². The molecule has 4 heteroatoms. The van der Waals surface area contributed by atoms with Gasteiger partial charge in [-0.2, -0.15) is 0 Å². The van der Waals surface area contributed by atoms with E-state index in [4.69, 9.17) is 0 Å². The number of aliphatic hydroxyl groups excluding tert-OH is 1. The lowest BCUT2D eigenvalue weighted by atomic mass is 10.1. The Morgan fingerprint density at radius 2 is 2.00 bits per heavy atom. The Morgan fingerprint density at radius 3 is 2.67 bits per heavy atom. The average Bonchev–Trinajstić information content (AvgIpc) is 2.90. The van der Waals surface area contributed by atoms with Crippen molar-refractivity contribution in [2.24, 2.45) is 0 Å². The van der Waals surface area contributed by atoms with E-state index in [-0.39, 0.29) is 11.4 Å². The molecule has 0 radical (unpaired) electrons. The number of aliphatic hydroxyl groups is 1. The van der Waals surface area contributed by atoms with Crippen molar-refractivity contribution in [3.63, 3.8) is 0 Å². The Hall–Kier alpha value is -2.62. The Bertz CT molecular complexity index is 581. The summed E-state index contributed by atoms with van der Waals surface area (Å²) < 4.78 is 0. The highest BCUT2D eigenvalue weighted by molar-refractivity contribution is 5.57. The van der Waals surface area contributed by atoms with Crippen molar-refractivity contribution in [3.8, 4) is 0 Å². The van der Waals surface area contributed by atoms with Crippen LogP contribution in [0, 0.1) is 10.1 Å². The monoisotopic (exact) mass is 241 g/mol. The molecule has 90 valence electrons. The van der Waals surface area contributed by atoms with Gasteiger partial charge in [-0.3, -0.25) is 10.1 Å². The molecule has 0 aliphatic heterocycles. The van der Waals surface area contributed by atoms with Crippen molar-refractivity contribution in [3.05, 3.63) is 81.7 Å². The normalized spacial score (nSPS) is 13.4. The first kappa shape index (κ1) is 11.9. The van der Waals surface area contributed by atoms with Gasteiger partial charge in [0.25, 0.3) is 5.69 Å². The molecular formula is C14H11NO3. The molecule has 0 bridgehead atoms. The van der Waals surface area contributed by atoms with Gasteiger partial charge in [0.1, 0.15) is 5.76 Å². The Morgan fingerprint density at radius 1 is 1.28 bits per heavy atom. The van der Waals surface area contributed by atoms with Gasteiger partial charge >= 0.3 is 0 Å². The molecule has 4 nitrogen and oxygen atoms in total. The largest absolute Gasteiger partial charge is 0.507 e. The van der Waals surface area contributed by atoms with Crippen molar-refractivity contribution in [2.45, 2.75) is 0 Å². The number of allylic oxidation sites excluding steroid dienone is 6. The number of hydrogen-bond acceptors (Lipinski definition) is 3. The van der Waals surface area contributed by atoms with Gasteiger partial charge in [-0.15, -0.1) is 0 Å². The van der Waals surface area contributed by atoms with Crippen LogP contribution in [0.15, 0.2) is 66.0 Å². The van der Waals surface area contributed by atoms with Crippen LogP contribution in [-0.2, 0) is 0 Å². The maximum atomic E-state index is 10.6. The van der Waals surface area contributed by atoms with Crippen LogP contribution in [0.25, 0.3) is 6.08 Å². The highest BCUT2D eigenvalue weighted by Crippen LogP contribution is 2.16. The second-order valence-corrected chi connectivity index (χ2v) is 3.74. The number of nitro groups is 1. The lowest BCUT2D eigenvalue weighted by molar-refractivity contribution is -0.384. The number of nitro benzene ring substituents is 1. The molecule has 1 aliphatic rings. The molecule has 0 fully saturated rings. The molecule has 0 saturated carbocycles. The summed E-state index contributed by atoms with van der Waals surface area (Å²) >= 11 is 0. The number of non-ortho nitro benzene ring substituents is 1. The molecule has 1 aliphatic carbocycles. The zero-order valence-corrected chi connectivity index (χ0v) is 9.48. The predicted molar refractivity (Wildman–Crippen MR) is 70.1 cm³/mol.